The summed E-state index contributed by atoms with van der Waals surface area (Å²) in [5.41, 5.74) is 1.65. The lowest BCUT2D eigenvalue weighted by Gasteiger charge is -2.12. The van der Waals surface area contributed by atoms with E-state index in [1.165, 1.54) is 6.92 Å². The average molecular weight is 299 g/mol. The van der Waals surface area contributed by atoms with Crippen molar-refractivity contribution in [2.75, 3.05) is 11.9 Å². The number of para-hydroxylation sites is 2. The molecule has 1 N–H and O–H groups in total. The van der Waals surface area contributed by atoms with Crippen molar-refractivity contribution in [3.8, 4) is 11.5 Å². The minimum atomic E-state index is -0.501. The van der Waals surface area contributed by atoms with E-state index in [1.54, 1.807) is 18.2 Å². The van der Waals surface area contributed by atoms with Gasteiger partial charge in [0.1, 0.15) is 5.75 Å². The van der Waals surface area contributed by atoms with Crippen LogP contribution in [0.2, 0.25) is 0 Å². The first-order valence-corrected chi connectivity index (χ1v) is 6.81. The third-order valence-electron chi connectivity index (χ3n) is 2.82. The van der Waals surface area contributed by atoms with Crippen molar-refractivity contribution in [3.05, 3.63) is 54.1 Å². The number of esters is 1. The molecule has 2 rings (SSSR count). The Balaban J connectivity index is 2.07. The predicted molar refractivity (Wildman–Crippen MR) is 83.0 cm³/mol. The molecular formula is C17H17NO4. The van der Waals surface area contributed by atoms with Crippen molar-refractivity contribution in [2.45, 2.75) is 13.8 Å². The molecule has 0 aromatic heterocycles. The Kier molecular flexibility index (Phi) is 5.14. The maximum Gasteiger partial charge on any atom is 0.303 e. The van der Waals surface area contributed by atoms with Gasteiger partial charge < -0.3 is 14.8 Å². The lowest BCUT2D eigenvalue weighted by molar-refractivity contribution is -0.144. The summed E-state index contributed by atoms with van der Waals surface area (Å²) in [5.74, 6) is 0.268. The van der Waals surface area contributed by atoms with E-state index >= 15 is 0 Å². The van der Waals surface area contributed by atoms with Crippen molar-refractivity contribution in [3.63, 3.8) is 0 Å². The number of aryl methyl sites for hydroxylation is 1. The zero-order valence-electron chi connectivity index (χ0n) is 12.5. The van der Waals surface area contributed by atoms with Gasteiger partial charge in [0, 0.05) is 6.92 Å². The summed E-state index contributed by atoms with van der Waals surface area (Å²) in [4.78, 5) is 22.4. The molecule has 2 aromatic rings. The molecule has 5 nitrogen and oxygen atoms in total. The Morgan fingerprint density at radius 2 is 1.73 bits per heavy atom. The van der Waals surface area contributed by atoms with Crippen LogP contribution in [0.15, 0.2) is 48.5 Å². The van der Waals surface area contributed by atoms with Gasteiger partial charge in [-0.3, -0.25) is 9.59 Å². The van der Waals surface area contributed by atoms with Crippen LogP contribution < -0.4 is 10.1 Å². The molecular weight excluding hydrogens is 282 g/mol. The third-order valence-corrected chi connectivity index (χ3v) is 2.82. The normalized spacial score (nSPS) is 9.91. The fourth-order valence-corrected chi connectivity index (χ4v) is 1.75. The van der Waals surface area contributed by atoms with Crippen LogP contribution in [0, 0.1) is 6.92 Å². The number of anilines is 1. The number of carbonyl (C=O) groups is 2. The van der Waals surface area contributed by atoms with E-state index in [2.05, 4.69) is 10.1 Å². The summed E-state index contributed by atoms with van der Waals surface area (Å²) in [6.45, 7) is 2.92. The highest BCUT2D eigenvalue weighted by molar-refractivity contribution is 5.94. The first kappa shape index (κ1) is 15.6. The summed E-state index contributed by atoms with van der Waals surface area (Å²) in [6.07, 6.45) is 0. The zero-order valence-corrected chi connectivity index (χ0v) is 12.5. The molecule has 0 bridgehead atoms. The summed E-state index contributed by atoms with van der Waals surface area (Å²) in [6, 6.07) is 14.7. The van der Waals surface area contributed by atoms with Gasteiger partial charge in [-0.2, -0.15) is 0 Å². The summed E-state index contributed by atoms with van der Waals surface area (Å²) < 4.78 is 10.4. The molecule has 1 amide bonds. The number of carbonyl (C=O) groups excluding carboxylic acids is 2. The molecule has 0 saturated carbocycles. The van der Waals surface area contributed by atoms with Gasteiger partial charge in [0.25, 0.3) is 5.91 Å². The van der Waals surface area contributed by atoms with E-state index in [9.17, 15) is 9.59 Å². The predicted octanol–water partition coefficient (Wildman–Crippen LogP) is 3.29. The van der Waals surface area contributed by atoms with E-state index in [0.29, 0.717) is 17.2 Å². The summed E-state index contributed by atoms with van der Waals surface area (Å²) in [5, 5.41) is 2.66. The van der Waals surface area contributed by atoms with Crippen LogP contribution in [0.3, 0.4) is 0 Å². The van der Waals surface area contributed by atoms with Gasteiger partial charge in [-0.1, -0.05) is 29.8 Å². The van der Waals surface area contributed by atoms with Crippen molar-refractivity contribution in [2.24, 2.45) is 0 Å². The van der Waals surface area contributed by atoms with Crippen molar-refractivity contribution in [1.82, 2.24) is 0 Å². The van der Waals surface area contributed by atoms with Gasteiger partial charge in [-0.15, -0.1) is 0 Å². The molecule has 2 aromatic carbocycles. The molecule has 0 aliphatic carbocycles. The number of ether oxygens (including phenoxy) is 2. The molecule has 0 unspecified atom stereocenters. The molecule has 0 saturated heterocycles. The monoisotopic (exact) mass is 299 g/mol. The molecule has 22 heavy (non-hydrogen) atoms. The maximum absolute atomic E-state index is 11.7. The van der Waals surface area contributed by atoms with E-state index in [-0.39, 0.29) is 6.61 Å². The van der Waals surface area contributed by atoms with Crippen molar-refractivity contribution < 1.29 is 19.1 Å². The van der Waals surface area contributed by atoms with Crippen LogP contribution in [0.1, 0.15) is 12.5 Å². The van der Waals surface area contributed by atoms with E-state index in [4.69, 9.17) is 4.74 Å². The molecule has 0 atom stereocenters. The average Bonchev–Trinajstić information content (AvgIpc) is 2.49. The largest absolute Gasteiger partial charge is 0.456 e. The molecule has 0 aliphatic rings. The number of benzene rings is 2. The number of nitrogens with one attached hydrogen (secondary N) is 1. The Hall–Kier alpha value is -2.82. The first-order valence-electron chi connectivity index (χ1n) is 6.81. The highest BCUT2D eigenvalue weighted by atomic mass is 16.5. The molecule has 0 fully saturated rings. The number of amides is 1. The second kappa shape index (κ2) is 7.26. The number of hydrogen-bond donors (Lipinski definition) is 1. The van der Waals surface area contributed by atoms with Crippen LogP contribution in [0.25, 0.3) is 0 Å². The minimum Gasteiger partial charge on any atom is -0.456 e. The lowest BCUT2D eigenvalue weighted by atomic mass is 10.2. The Morgan fingerprint density at radius 3 is 2.41 bits per heavy atom. The topological polar surface area (TPSA) is 64.6 Å². The summed E-state index contributed by atoms with van der Waals surface area (Å²) >= 11 is 0. The second-order valence-electron chi connectivity index (χ2n) is 4.74. The molecule has 0 aliphatic heterocycles. The first-order chi connectivity index (χ1) is 10.5. The Bertz CT molecular complexity index is 665. The van der Waals surface area contributed by atoms with Gasteiger partial charge in [-0.05, 0) is 31.2 Å². The van der Waals surface area contributed by atoms with Crippen LogP contribution in [-0.4, -0.2) is 18.5 Å². The van der Waals surface area contributed by atoms with Gasteiger partial charge in [0.15, 0.2) is 12.4 Å². The van der Waals surface area contributed by atoms with Gasteiger partial charge in [0.2, 0.25) is 0 Å². The van der Waals surface area contributed by atoms with Crippen molar-refractivity contribution in [1.29, 1.82) is 0 Å². The molecule has 0 radical (unpaired) electrons. The smallest absolute Gasteiger partial charge is 0.303 e. The van der Waals surface area contributed by atoms with E-state index in [1.807, 2.05) is 37.3 Å². The van der Waals surface area contributed by atoms with Crippen molar-refractivity contribution >= 4 is 17.6 Å². The third kappa shape index (κ3) is 4.63. The Morgan fingerprint density at radius 1 is 1.05 bits per heavy atom. The van der Waals surface area contributed by atoms with Gasteiger partial charge >= 0.3 is 5.97 Å². The van der Waals surface area contributed by atoms with Gasteiger partial charge in [0.05, 0.1) is 5.69 Å². The maximum atomic E-state index is 11.7. The standard InChI is InChI=1S/C17H17NO4/c1-12-7-9-14(10-8-12)22-16-6-4-3-5-15(16)18-17(20)11-21-13(2)19/h3-10H,11H2,1-2H3,(H,18,20). The van der Waals surface area contributed by atoms with Crippen LogP contribution in [0.4, 0.5) is 5.69 Å². The fourth-order valence-electron chi connectivity index (χ4n) is 1.75. The van der Waals surface area contributed by atoms with Crippen LogP contribution in [-0.2, 0) is 14.3 Å². The molecule has 114 valence electrons. The fraction of sp³-hybridized carbons (Fsp3) is 0.176. The highest BCUT2D eigenvalue weighted by Crippen LogP contribution is 2.29. The zero-order chi connectivity index (χ0) is 15.9. The van der Waals surface area contributed by atoms with Gasteiger partial charge in [-0.25, -0.2) is 0 Å². The van der Waals surface area contributed by atoms with Crippen LogP contribution >= 0.6 is 0 Å². The molecule has 0 spiro atoms. The highest BCUT2D eigenvalue weighted by Gasteiger charge is 2.09. The molecule has 5 heteroatoms. The second-order valence-corrected chi connectivity index (χ2v) is 4.74. The minimum absolute atomic E-state index is 0.325. The quantitative estimate of drug-likeness (QED) is 0.860. The van der Waals surface area contributed by atoms with E-state index in [0.717, 1.165) is 5.56 Å². The van der Waals surface area contributed by atoms with E-state index < -0.39 is 11.9 Å². The Labute approximate surface area is 128 Å². The summed E-state index contributed by atoms with van der Waals surface area (Å²) in [7, 11) is 0. The SMILES string of the molecule is CC(=O)OCC(=O)Nc1ccccc1Oc1ccc(C)cc1. The van der Waals surface area contributed by atoms with Crippen LogP contribution in [0.5, 0.6) is 11.5 Å². The number of rotatable bonds is 5. The number of hydrogen-bond acceptors (Lipinski definition) is 4. The molecule has 0 heterocycles. The lowest BCUT2D eigenvalue weighted by Crippen LogP contribution is -2.20.